The van der Waals surface area contributed by atoms with Crippen molar-refractivity contribution in [3.8, 4) is 0 Å². The highest BCUT2D eigenvalue weighted by Gasteiger charge is 2.81. The average Bonchev–Trinajstić information content (AvgIpc) is 3.63. The molecule has 0 amide bonds. The highest BCUT2D eigenvalue weighted by Crippen LogP contribution is 2.82. The lowest BCUT2D eigenvalue weighted by molar-refractivity contribution is -0.238. The van der Waals surface area contributed by atoms with Crippen molar-refractivity contribution in [2.24, 2.45) is 52.3 Å². The summed E-state index contributed by atoms with van der Waals surface area (Å²) in [6, 6.07) is 0. The highest BCUT2D eigenvalue weighted by atomic mass is 16.7. The van der Waals surface area contributed by atoms with Crippen LogP contribution in [0.4, 0.5) is 0 Å². The van der Waals surface area contributed by atoms with Crippen molar-refractivity contribution in [1.82, 2.24) is 0 Å². The molecule has 0 aromatic heterocycles. The third-order valence-corrected chi connectivity index (χ3v) is 12.1. The first-order valence-corrected chi connectivity index (χ1v) is 12.8. The Labute approximate surface area is 186 Å². The largest absolute Gasteiger partial charge is 0.393 e. The molecule has 31 heavy (non-hydrogen) atoms. The molecule has 0 aliphatic heterocycles. The smallest absolute Gasteiger partial charge is 0.156 e. The van der Waals surface area contributed by atoms with Gasteiger partial charge in [0.05, 0.1) is 17.3 Å². The predicted molar refractivity (Wildman–Crippen MR) is 116 cm³/mol. The van der Waals surface area contributed by atoms with Crippen LogP contribution in [0.5, 0.6) is 0 Å². The number of hydrogen-bond donors (Lipinski definition) is 3. The maximum absolute atomic E-state index is 12.2. The van der Waals surface area contributed by atoms with E-state index in [1.165, 1.54) is 6.42 Å². The summed E-state index contributed by atoms with van der Waals surface area (Å²) in [6.45, 7) is 4.74. The summed E-state index contributed by atoms with van der Waals surface area (Å²) in [5, 5.41) is 34.5. The quantitative estimate of drug-likeness (QED) is 0.579. The second kappa shape index (κ2) is 6.47. The van der Waals surface area contributed by atoms with Gasteiger partial charge in [-0.15, -0.1) is 0 Å². The van der Waals surface area contributed by atoms with Gasteiger partial charge in [0, 0.05) is 27.1 Å². The predicted octanol–water partition coefficient (Wildman–Crippen LogP) is 3.35. The first-order chi connectivity index (χ1) is 14.6. The minimum absolute atomic E-state index is 0.0408. The maximum Gasteiger partial charge on any atom is 0.156 e. The summed E-state index contributed by atoms with van der Waals surface area (Å²) in [4.78, 5) is 0. The van der Waals surface area contributed by atoms with Gasteiger partial charge in [0.2, 0.25) is 0 Å². The molecule has 0 radical (unpaired) electrons. The van der Waals surface area contributed by atoms with Crippen LogP contribution in [0.3, 0.4) is 0 Å². The fraction of sp³-hybridized carbons (Fsp3) is 1.00. The standard InChI is InChI=1S/C26H42O5/c1-23-8-5-14(27)13-26(23,29)18-11-15(18)21-17(23)6-9-24(2)22(21)16-12-19(16)25(24,28)10-7-20(30-3)31-4/h14-22,27-29H,5-13H2,1-4H3/t14-,15-,16?,17?,18+,19-,21?,22?,23+,24-,25-,26+/m0/s1. The Morgan fingerprint density at radius 1 is 0.903 bits per heavy atom. The number of hydrogen-bond acceptors (Lipinski definition) is 5. The zero-order valence-electron chi connectivity index (χ0n) is 19.7. The highest BCUT2D eigenvalue weighted by molar-refractivity contribution is 5.29. The number of aliphatic hydroxyl groups excluding tert-OH is 1. The van der Waals surface area contributed by atoms with Crippen molar-refractivity contribution < 1.29 is 24.8 Å². The van der Waals surface area contributed by atoms with E-state index in [0.29, 0.717) is 47.8 Å². The molecule has 6 aliphatic carbocycles. The van der Waals surface area contributed by atoms with Crippen LogP contribution in [0.15, 0.2) is 0 Å². The molecule has 6 aliphatic rings. The molecule has 0 heterocycles. The van der Waals surface area contributed by atoms with Gasteiger partial charge in [0.15, 0.2) is 6.29 Å². The van der Waals surface area contributed by atoms with E-state index >= 15 is 0 Å². The van der Waals surface area contributed by atoms with Gasteiger partial charge in [-0.05, 0) is 97.2 Å². The van der Waals surface area contributed by atoms with Crippen LogP contribution in [0, 0.1) is 52.3 Å². The molecule has 6 fully saturated rings. The zero-order chi connectivity index (χ0) is 22.0. The van der Waals surface area contributed by atoms with Crippen LogP contribution in [0.1, 0.15) is 71.6 Å². The minimum Gasteiger partial charge on any atom is -0.393 e. The van der Waals surface area contributed by atoms with Crippen LogP contribution in [0.25, 0.3) is 0 Å². The first-order valence-electron chi connectivity index (χ1n) is 12.8. The molecule has 5 heteroatoms. The van der Waals surface area contributed by atoms with Crippen LogP contribution in [-0.2, 0) is 9.47 Å². The van der Waals surface area contributed by atoms with E-state index < -0.39 is 11.2 Å². The number of aliphatic hydroxyl groups is 3. The Morgan fingerprint density at radius 2 is 1.58 bits per heavy atom. The lowest BCUT2D eigenvalue weighted by Gasteiger charge is -2.64. The number of methoxy groups -OCH3 is 2. The molecule has 0 spiro atoms. The average molecular weight is 435 g/mol. The monoisotopic (exact) mass is 434 g/mol. The van der Waals surface area contributed by atoms with Gasteiger partial charge in [-0.3, -0.25) is 0 Å². The lowest BCUT2D eigenvalue weighted by Crippen LogP contribution is -2.65. The van der Waals surface area contributed by atoms with Crippen LogP contribution in [0.2, 0.25) is 0 Å². The fourth-order valence-corrected chi connectivity index (χ4v) is 10.4. The molecule has 3 N–H and O–H groups in total. The molecule has 5 nitrogen and oxygen atoms in total. The summed E-state index contributed by atoms with van der Waals surface area (Å²) in [6.07, 6.45) is 7.70. The zero-order valence-corrected chi connectivity index (χ0v) is 19.7. The van der Waals surface area contributed by atoms with Crippen LogP contribution in [-0.4, -0.2) is 53.1 Å². The summed E-state index contributed by atoms with van der Waals surface area (Å²) < 4.78 is 10.9. The van der Waals surface area contributed by atoms with Crippen LogP contribution < -0.4 is 0 Å². The summed E-state index contributed by atoms with van der Waals surface area (Å²) in [5.41, 5.74) is -1.43. The van der Waals surface area contributed by atoms with Gasteiger partial charge >= 0.3 is 0 Å². The van der Waals surface area contributed by atoms with Gasteiger partial charge in [-0.2, -0.15) is 0 Å². The van der Waals surface area contributed by atoms with Gasteiger partial charge in [0.1, 0.15) is 0 Å². The Bertz CT molecular complexity index is 754. The number of ether oxygens (including phenoxy) is 2. The molecular formula is C26H42O5. The molecule has 4 unspecified atom stereocenters. The van der Waals surface area contributed by atoms with E-state index in [1.807, 2.05) is 0 Å². The number of fused-ring (bicyclic) bond motifs is 10. The van der Waals surface area contributed by atoms with E-state index in [4.69, 9.17) is 9.47 Å². The molecule has 176 valence electrons. The summed E-state index contributed by atoms with van der Waals surface area (Å²) in [7, 11) is 3.36. The Kier molecular flexibility index (Phi) is 4.46. The minimum atomic E-state index is -0.688. The molecule has 0 aromatic carbocycles. The summed E-state index contributed by atoms with van der Waals surface area (Å²) >= 11 is 0. The second-order valence-corrected chi connectivity index (χ2v) is 12.8. The van der Waals surface area contributed by atoms with E-state index in [-0.39, 0.29) is 23.2 Å². The molecule has 6 rings (SSSR count). The Balaban J connectivity index is 1.32. The first kappa shape index (κ1) is 21.3. The normalized spacial score (nSPS) is 61.2. The number of rotatable bonds is 5. The van der Waals surface area contributed by atoms with Crippen molar-refractivity contribution in [3.05, 3.63) is 0 Å². The van der Waals surface area contributed by atoms with Gasteiger partial charge < -0.3 is 24.8 Å². The van der Waals surface area contributed by atoms with Gasteiger partial charge in [-0.25, -0.2) is 0 Å². The van der Waals surface area contributed by atoms with Gasteiger partial charge in [-0.1, -0.05) is 13.8 Å². The SMILES string of the molecule is COC(CC[C@]1(O)[C@H]2CC2C2C3C(CC[C@@]21C)[C@@]1(C)CC[C@H](O)C[C@@]1(O)[C@@H]1C[C@H]31)OC. The molecule has 6 saturated carbocycles. The van der Waals surface area contributed by atoms with Gasteiger partial charge in [0.25, 0.3) is 0 Å². The Morgan fingerprint density at radius 3 is 2.29 bits per heavy atom. The third-order valence-electron chi connectivity index (χ3n) is 12.1. The van der Waals surface area contributed by atoms with E-state index in [0.717, 1.165) is 44.9 Å². The van der Waals surface area contributed by atoms with Crippen molar-refractivity contribution in [2.75, 3.05) is 14.2 Å². The van der Waals surface area contributed by atoms with Crippen molar-refractivity contribution >= 4 is 0 Å². The van der Waals surface area contributed by atoms with Crippen molar-refractivity contribution in [3.63, 3.8) is 0 Å². The van der Waals surface area contributed by atoms with E-state index in [9.17, 15) is 15.3 Å². The maximum atomic E-state index is 12.2. The van der Waals surface area contributed by atoms with E-state index in [2.05, 4.69) is 13.8 Å². The van der Waals surface area contributed by atoms with Crippen LogP contribution >= 0.6 is 0 Å². The molecule has 0 aromatic rings. The molecule has 12 atom stereocenters. The molecular weight excluding hydrogens is 392 g/mol. The topological polar surface area (TPSA) is 79.2 Å². The molecule has 0 bridgehead atoms. The van der Waals surface area contributed by atoms with E-state index in [1.54, 1.807) is 14.2 Å². The third kappa shape index (κ3) is 2.46. The Hall–Kier alpha value is -0.200. The second-order valence-electron chi connectivity index (χ2n) is 12.8. The fourth-order valence-electron chi connectivity index (χ4n) is 10.4. The van der Waals surface area contributed by atoms with Crippen molar-refractivity contribution in [2.45, 2.75) is 95.2 Å². The van der Waals surface area contributed by atoms with Crippen molar-refractivity contribution in [1.29, 1.82) is 0 Å². The lowest BCUT2D eigenvalue weighted by atomic mass is 9.42. The molecule has 0 saturated heterocycles. The summed E-state index contributed by atoms with van der Waals surface area (Å²) in [5.74, 6) is 3.76.